The number of aliphatic carboxylic acids is 1. The lowest BCUT2D eigenvalue weighted by Gasteiger charge is -2.07. The molecule has 1 saturated carbocycles. The van der Waals surface area contributed by atoms with Gasteiger partial charge in [0.15, 0.2) is 0 Å². The monoisotopic (exact) mass is 170 g/mol. The maximum Gasteiger partial charge on any atom is 0.303 e. The third-order valence-corrected chi connectivity index (χ3v) is 2.99. The summed E-state index contributed by atoms with van der Waals surface area (Å²) >= 11 is 0. The summed E-state index contributed by atoms with van der Waals surface area (Å²) in [6.45, 7) is 2.23. The summed E-state index contributed by atoms with van der Waals surface area (Å²) in [6, 6.07) is 0. The molecule has 2 nitrogen and oxygen atoms in total. The normalized spacial score (nSPS) is 29.1. The van der Waals surface area contributed by atoms with E-state index in [0.29, 0.717) is 12.3 Å². The van der Waals surface area contributed by atoms with E-state index in [-0.39, 0.29) is 0 Å². The molecule has 0 spiro atoms. The molecule has 70 valence electrons. The van der Waals surface area contributed by atoms with E-state index in [4.69, 9.17) is 5.11 Å². The fraction of sp³-hybridized carbons (Fsp3) is 0.900. The Balaban J connectivity index is 2.15. The van der Waals surface area contributed by atoms with Gasteiger partial charge in [-0.1, -0.05) is 26.2 Å². The zero-order valence-electron chi connectivity index (χ0n) is 7.75. The lowest BCUT2D eigenvalue weighted by Crippen LogP contribution is -2.01. The molecule has 0 bridgehead atoms. The molecule has 0 saturated heterocycles. The molecule has 1 N–H and O–H groups in total. The molecule has 0 aromatic heterocycles. The third-order valence-electron chi connectivity index (χ3n) is 2.99. The summed E-state index contributed by atoms with van der Waals surface area (Å²) in [7, 11) is 0. The molecule has 0 aliphatic heterocycles. The van der Waals surface area contributed by atoms with Crippen LogP contribution in [0.2, 0.25) is 0 Å². The van der Waals surface area contributed by atoms with Gasteiger partial charge in [-0.25, -0.2) is 0 Å². The second-order valence-electron chi connectivity index (χ2n) is 3.89. The van der Waals surface area contributed by atoms with Gasteiger partial charge in [0.2, 0.25) is 0 Å². The predicted molar refractivity (Wildman–Crippen MR) is 48.0 cm³/mol. The smallest absolute Gasteiger partial charge is 0.303 e. The largest absolute Gasteiger partial charge is 0.481 e. The first-order valence-corrected chi connectivity index (χ1v) is 4.94. The van der Waals surface area contributed by atoms with E-state index in [9.17, 15) is 4.79 Å². The molecule has 1 rings (SSSR count). The van der Waals surface area contributed by atoms with Crippen LogP contribution in [0.4, 0.5) is 0 Å². The minimum Gasteiger partial charge on any atom is -0.481 e. The first-order chi connectivity index (χ1) is 5.72. The van der Waals surface area contributed by atoms with Crippen molar-refractivity contribution in [2.75, 3.05) is 0 Å². The van der Waals surface area contributed by atoms with Gasteiger partial charge in [0, 0.05) is 6.42 Å². The number of carboxylic acids is 1. The van der Waals surface area contributed by atoms with Crippen LogP contribution in [0.3, 0.4) is 0 Å². The van der Waals surface area contributed by atoms with Gasteiger partial charge in [0.1, 0.15) is 0 Å². The van der Waals surface area contributed by atoms with Crippen molar-refractivity contribution in [2.24, 2.45) is 11.8 Å². The molecule has 0 amide bonds. The Bertz CT molecular complexity index is 154. The second-order valence-corrected chi connectivity index (χ2v) is 3.89. The molecular weight excluding hydrogens is 152 g/mol. The molecule has 1 aliphatic carbocycles. The number of hydrogen-bond acceptors (Lipinski definition) is 1. The Morgan fingerprint density at radius 3 is 2.58 bits per heavy atom. The molecule has 0 unspecified atom stereocenters. The Hall–Kier alpha value is -0.530. The highest BCUT2D eigenvalue weighted by molar-refractivity contribution is 5.66. The van der Waals surface area contributed by atoms with Crippen LogP contribution in [0, 0.1) is 11.8 Å². The SMILES string of the molecule is CC[C@H]1CC[C@@H](CCC(=O)O)C1. The van der Waals surface area contributed by atoms with Crippen LogP contribution < -0.4 is 0 Å². The van der Waals surface area contributed by atoms with Crippen molar-refractivity contribution < 1.29 is 9.90 Å². The summed E-state index contributed by atoms with van der Waals surface area (Å²) in [6.07, 6.45) is 6.37. The van der Waals surface area contributed by atoms with E-state index in [1.807, 2.05) is 0 Å². The highest BCUT2D eigenvalue weighted by atomic mass is 16.4. The van der Waals surface area contributed by atoms with Crippen LogP contribution >= 0.6 is 0 Å². The zero-order chi connectivity index (χ0) is 8.97. The van der Waals surface area contributed by atoms with E-state index >= 15 is 0 Å². The standard InChI is InChI=1S/C10H18O2/c1-2-8-3-4-9(7-8)5-6-10(11)12/h8-9H,2-7H2,1H3,(H,11,12)/t8-,9-/m0/s1. The first-order valence-electron chi connectivity index (χ1n) is 4.94. The Morgan fingerprint density at radius 1 is 1.42 bits per heavy atom. The summed E-state index contributed by atoms with van der Waals surface area (Å²) < 4.78 is 0. The number of hydrogen-bond donors (Lipinski definition) is 1. The minimum atomic E-state index is -0.644. The summed E-state index contributed by atoms with van der Waals surface area (Å²) in [5, 5.41) is 8.50. The van der Waals surface area contributed by atoms with Crippen molar-refractivity contribution >= 4 is 5.97 Å². The fourth-order valence-electron chi connectivity index (χ4n) is 2.14. The van der Waals surface area contributed by atoms with Gasteiger partial charge in [-0.15, -0.1) is 0 Å². The molecule has 1 aliphatic rings. The fourth-order valence-corrected chi connectivity index (χ4v) is 2.14. The quantitative estimate of drug-likeness (QED) is 0.704. The lowest BCUT2D eigenvalue weighted by molar-refractivity contribution is -0.137. The maximum atomic E-state index is 10.3. The molecule has 2 atom stereocenters. The summed E-state index contributed by atoms with van der Waals surface area (Å²) in [4.78, 5) is 10.3. The number of carboxylic acid groups (broad SMARTS) is 1. The van der Waals surface area contributed by atoms with Gasteiger partial charge in [0.05, 0.1) is 0 Å². The van der Waals surface area contributed by atoms with Crippen LogP contribution in [0.15, 0.2) is 0 Å². The molecular formula is C10H18O2. The van der Waals surface area contributed by atoms with Crippen molar-refractivity contribution in [3.8, 4) is 0 Å². The predicted octanol–water partition coefficient (Wildman–Crippen LogP) is 2.68. The van der Waals surface area contributed by atoms with Crippen molar-refractivity contribution in [3.63, 3.8) is 0 Å². The highest BCUT2D eigenvalue weighted by Gasteiger charge is 2.23. The number of carbonyl (C=O) groups is 1. The minimum absolute atomic E-state index is 0.362. The van der Waals surface area contributed by atoms with Crippen molar-refractivity contribution in [2.45, 2.75) is 45.4 Å². The van der Waals surface area contributed by atoms with Gasteiger partial charge < -0.3 is 5.11 Å². The van der Waals surface area contributed by atoms with Gasteiger partial charge in [-0.2, -0.15) is 0 Å². The summed E-state index contributed by atoms with van der Waals surface area (Å²) in [5.41, 5.74) is 0. The second kappa shape index (κ2) is 4.48. The van der Waals surface area contributed by atoms with Gasteiger partial charge >= 0.3 is 5.97 Å². The maximum absolute atomic E-state index is 10.3. The van der Waals surface area contributed by atoms with Crippen molar-refractivity contribution in [1.29, 1.82) is 0 Å². The average Bonchev–Trinajstić information content (AvgIpc) is 2.48. The van der Waals surface area contributed by atoms with Gasteiger partial charge in [0.25, 0.3) is 0 Å². The van der Waals surface area contributed by atoms with Crippen LogP contribution in [0.25, 0.3) is 0 Å². The first kappa shape index (κ1) is 9.56. The van der Waals surface area contributed by atoms with E-state index in [0.717, 1.165) is 12.3 Å². The average molecular weight is 170 g/mol. The van der Waals surface area contributed by atoms with Gasteiger partial charge in [-0.05, 0) is 24.7 Å². The lowest BCUT2D eigenvalue weighted by atomic mass is 9.99. The molecule has 2 heteroatoms. The zero-order valence-corrected chi connectivity index (χ0v) is 7.75. The van der Waals surface area contributed by atoms with E-state index in [2.05, 4.69) is 6.92 Å². The van der Waals surface area contributed by atoms with E-state index < -0.39 is 5.97 Å². The third kappa shape index (κ3) is 2.84. The molecule has 1 fully saturated rings. The highest BCUT2D eigenvalue weighted by Crippen LogP contribution is 2.35. The van der Waals surface area contributed by atoms with Crippen LogP contribution in [0.1, 0.15) is 45.4 Å². The topological polar surface area (TPSA) is 37.3 Å². The Kier molecular flexibility index (Phi) is 3.57. The van der Waals surface area contributed by atoms with Crippen molar-refractivity contribution in [1.82, 2.24) is 0 Å². The van der Waals surface area contributed by atoms with Gasteiger partial charge in [-0.3, -0.25) is 4.79 Å². The van der Waals surface area contributed by atoms with Crippen LogP contribution in [0.5, 0.6) is 0 Å². The van der Waals surface area contributed by atoms with E-state index in [1.165, 1.54) is 25.7 Å². The molecule has 0 radical (unpaired) electrons. The summed E-state index contributed by atoms with van der Waals surface area (Å²) in [5.74, 6) is 0.935. The van der Waals surface area contributed by atoms with E-state index in [1.54, 1.807) is 0 Å². The van der Waals surface area contributed by atoms with Crippen molar-refractivity contribution in [3.05, 3.63) is 0 Å². The molecule has 12 heavy (non-hydrogen) atoms. The number of rotatable bonds is 4. The Labute approximate surface area is 74.0 Å². The van der Waals surface area contributed by atoms with Crippen LogP contribution in [-0.4, -0.2) is 11.1 Å². The molecule has 0 heterocycles. The van der Waals surface area contributed by atoms with Crippen LogP contribution in [-0.2, 0) is 4.79 Å². The molecule has 0 aromatic rings. The Morgan fingerprint density at radius 2 is 2.08 bits per heavy atom. The molecule has 0 aromatic carbocycles.